The zero-order chi connectivity index (χ0) is 36.2. The minimum Gasteiger partial charge on any atom is -0.508 e. The topological polar surface area (TPSA) is 32.7 Å². The van der Waals surface area contributed by atoms with Crippen LogP contribution < -0.4 is 9.64 Å². The molecular weight excluding hydrogens is 635 g/mol. The third-order valence-corrected chi connectivity index (χ3v) is 10.3. The maximum atomic E-state index is 9.77. The molecule has 260 valence electrons. The van der Waals surface area contributed by atoms with Crippen LogP contribution in [0.2, 0.25) is 0 Å². The Morgan fingerprint density at radius 2 is 1.27 bits per heavy atom. The number of rotatable bonds is 7. The molecule has 52 heavy (non-hydrogen) atoms. The van der Waals surface area contributed by atoms with Crippen LogP contribution in [0.15, 0.2) is 146 Å². The van der Waals surface area contributed by atoms with Crippen molar-refractivity contribution in [1.29, 1.82) is 0 Å². The highest BCUT2D eigenvalue weighted by Gasteiger charge is 2.28. The van der Waals surface area contributed by atoms with Gasteiger partial charge in [-0.05, 0) is 150 Å². The molecule has 11 rings (SSSR count). The van der Waals surface area contributed by atoms with E-state index in [1.54, 1.807) is 12.1 Å². The van der Waals surface area contributed by atoms with Crippen molar-refractivity contribution in [3.8, 4) is 11.5 Å². The molecule has 5 heterocycles. The molecule has 0 amide bonds. The van der Waals surface area contributed by atoms with E-state index in [0.717, 1.165) is 87.5 Å². The number of ether oxygens (including phenoxy) is 1. The highest BCUT2D eigenvalue weighted by atomic mass is 16.5. The third-order valence-electron chi connectivity index (χ3n) is 10.3. The average molecular weight is 682 g/mol. The highest BCUT2D eigenvalue weighted by molar-refractivity contribution is 5.92. The lowest BCUT2D eigenvalue weighted by Crippen LogP contribution is -2.35. The number of benzene rings is 6. The molecule has 6 aromatic carbocycles. The van der Waals surface area contributed by atoms with E-state index in [-0.39, 0.29) is 11.4 Å². The standard InChI is InChI=1S/C49H47NO2/c1-6-7-30-49(5)33-42-16-25-45(31-35(42)3)50(43-21-8-34(2)9-22-43)44-23-10-37(11-24-44)32-48(41-19-28-47(52-49)29-20-41)40-14-12-38(13-15-40)36(4)39-17-26-46(51)27-18-39/h8-29,31-32,51H,4,6-7,30,33H2,1-3,5H3/b48-32-. The minimum atomic E-state index is -0.352. The van der Waals surface area contributed by atoms with Gasteiger partial charge in [-0.3, -0.25) is 0 Å². The normalized spacial score (nSPS) is 16.5. The third kappa shape index (κ3) is 7.60. The molecule has 5 aliphatic heterocycles. The predicted molar refractivity (Wildman–Crippen MR) is 219 cm³/mol. The van der Waals surface area contributed by atoms with Gasteiger partial charge in [-0.25, -0.2) is 0 Å². The van der Waals surface area contributed by atoms with Gasteiger partial charge in [-0.15, -0.1) is 0 Å². The van der Waals surface area contributed by atoms with Gasteiger partial charge in [0.25, 0.3) is 0 Å². The van der Waals surface area contributed by atoms with Gasteiger partial charge in [-0.1, -0.05) is 104 Å². The maximum Gasteiger partial charge on any atom is 0.120 e. The number of unbranched alkanes of at least 4 members (excludes halogenated alkanes) is 1. The van der Waals surface area contributed by atoms with E-state index in [0.29, 0.717) is 0 Å². The Morgan fingerprint density at radius 3 is 1.87 bits per heavy atom. The summed E-state index contributed by atoms with van der Waals surface area (Å²) in [6, 6.07) is 48.9. The molecule has 3 nitrogen and oxygen atoms in total. The zero-order valence-corrected chi connectivity index (χ0v) is 30.7. The number of aromatic hydroxyl groups is 1. The van der Waals surface area contributed by atoms with Gasteiger partial charge in [0, 0.05) is 23.5 Å². The SMILES string of the molecule is C=C(c1ccc(O)cc1)c1ccc(/C2=C/c3ccc(cc3)N(c3ccc(C)cc3)c3ccc(c(C)c3)CC(C)(CCCC)Oc3ccc2cc3)cc1. The van der Waals surface area contributed by atoms with Crippen molar-refractivity contribution in [1.82, 2.24) is 0 Å². The number of anilines is 3. The van der Waals surface area contributed by atoms with Crippen molar-refractivity contribution >= 4 is 34.3 Å². The Balaban J connectivity index is 1.34. The summed E-state index contributed by atoms with van der Waals surface area (Å²) in [5.74, 6) is 1.13. The first-order valence-corrected chi connectivity index (χ1v) is 18.3. The van der Waals surface area contributed by atoms with E-state index in [1.807, 2.05) is 12.1 Å². The zero-order valence-electron chi connectivity index (χ0n) is 30.7. The van der Waals surface area contributed by atoms with Crippen LogP contribution in [0.1, 0.15) is 77.6 Å². The maximum absolute atomic E-state index is 9.77. The van der Waals surface area contributed by atoms with E-state index < -0.39 is 0 Å². The summed E-state index contributed by atoms with van der Waals surface area (Å²) < 4.78 is 6.91. The Bertz CT molecular complexity index is 2190. The molecule has 6 aromatic rings. The quantitative estimate of drug-likeness (QED) is 0.182. The second kappa shape index (κ2) is 14.8. The predicted octanol–water partition coefficient (Wildman–Crippen LogP) is 13.0. The largest absolute Gasteiger partial charge is 0.508 e. The van der Waals surface area contributed by atoms with E-state index in [9.17, 15) is 5.11 Å². The van der Waals surface area contributed by atoms with E-state index in [4.69, 9.17) is 4.74 Å². The molecule has 0 radical (unpaired) electrons. The summed E-state index contributed by atoms with van der Waals surface area (Å²) in [4.78, 5) is 2.35. The second-order valence-corrected chi connectivity index (χ2v) is 14.4. The molecule has 0 saturated heterocycles. The summed E-state index contributed by atoms with van der Waals surface area (Å²) in [7, 11) is 0. The van der Waals surface area contributed by atoms with Gasteiger partial charge >= 0.3 is 0 Å². The first-order valence-electron chi connectivity index (χ1n) is 18.3. The molecule has 0 fully saturated rings. The van der Waals surface area contributed by atoms with Gasteiger partial charge < -0.3 is 14.7 Å². The highest BCUT2D eigenvalue weighted by Crippen LogP contribution is 2.38. The van der Waals surface area contributed by atoms with Crippen LogP contribution in [0.25, 0.3) is 17.2 Å². The Labute approximate surface area is 309 Å². The van der Waals surface area contributed by atoms with Crippen molar-refractivity contribution in [2.45, 2.75) is 59.0 Å². The molecular formula is C49H47NO2. The molecule has 1 atom stereocenters. The van der Waals surface area contributed by atoms with Gasteiger partial charge in [0.05, 0.1) is 0 Å². The average Bonchev–Trinajstić information content (AvgIpc) is 3.16. The van der Waals surface area contributed by atoms with Crippen LogP contribution in [0.3, 0.4) is 0 Å². The lowest BCUT2D eigenvalue weighted by molar-refractivity contribution is 0.0766. The van der Waals surface area contributed by atoms with Crippen molar-refractivity contribution in [2.24, 2.45) is 0 Å². The van der Waals surface area contributed by atoms with Crippen molar-refractivity contribution in [3.63, 3.8) is 0 Å². The van der Waals surface area contributed by atoms with Crippen molar-refractivity contribution in [2.75, 3.05) is 4.90 Å². The number of fused-ring (bicyclic) bond motifs is 1. The molecule has 6 bridgehead atoms. The number of phenols is 1. The van der Waals surface area contributed by atoms with Crippen LogP contribution in [0.4, 0.5) is 17.1 Å². The van der Waals surface area contributed by atoms with Gasteiger partial charge in [0.15, 0.2) is 0 Å². The number of aryl methyl sites for hydroxylation is 2. The molecule has 1 N–H and O–H groups in total. The fourth-order valence-electron chi connectivity index (χ4n) is 7.17. The summed E-state index contributed by atoms with van der Waals surface area (Å²) in [5, 5.41) is 9.77. The van der Waals surface area contributed by atoms with Crippen LogP contribution in [-0.2, 0) is 6.42 Å². The van der Waals surface area contributed by atoms with E-state index >= 15 is 0 Å². The first kappa shape index (κ1) is 34.6. The minimum absolute atomic E-state index is 0.247. The fraction of sp³-hybridized carbons (Fsp3) is 0.184. The molecule has 3 heteroatoms. The molecule has 5 aliphatic rings. The van der Waals surface area contributed by atoms with Gasteiger partial charge in [-0.2, -0.15) is 0 Å². The number of phenolic OH excluding ortho intramolecular Hbond substituents is 1. The molecule has 0 aromatic heterocycles. The van der Waals surface area contributed by atoms with Crippen molar-refractivity contribution in [3.05, 3.63) is 191 Å². The van der Waals surface area contributed by atoms with Gasteiger partial charge in [0.1, 0.15) is 17.1 Å². The number of hydrogen-bond acceptors (Lipinski definition) is 3. The van der Waals surface area contributed by atoms with E-state index in [1.165, 1.54) is 16.7 Å². The summed E-state index contributed by atoms with van der Waals surface area (Å²) >= 11 is 0. The first-order chi connectivity index (χ1) is 25.2. The van der Waals surface area contributed by atoms with Crippen LogP contribution in [0, 0.1) is 13.8 Å². The monoisotopic (exact) mass is 681 g/mol. The molecule has 0 saturated carbocycles. The Kier molecular flexibility index (Phi) is 9.87. The lowest BCUT2D eigenvalue weighted by atomic mass is 9.88. The molecule has 1 unspecified atom stereocenters. The van der Waals surface area contributed by atoms with Crippen LogP contribution >= 0.6 is 0 Å². The van der Waals surface area contributed by atoms with Gasteiger partial charge in [0.2, 0.25) is 0 Å². The van der Waals surface area contributed by atoms with Crippen LogP contribution in [0.5, 0.6) is 11.5 Å². The molecule has 0 spiro atoms. The summed E-state index contributed by atoms with van der Waals surface area (Å²) in [6.07, 6.45) is 6.29. The van der Waals surface area contributed by atoms with Crippen molar-refractivity contribution < 1.29 is 9.84 Å². The molecule has 0 aliphatic carbocycles. The summed E-state index contributed by atoms with van der Waals surface area (Å²) in [5.41, 5.74) is 14.2. The smallest absolute Gasteiger partial charge is 0.120 e. The Morgan fingerprint density at radius 1 is 0.712 bits per heavy atom. The lowest BCUT2D eigenvalue weighted by Gasteiger charge is -2.32. The fourth-order valence-corrected chi connectivity index (χ4v) is 7.17. The number of nitrogens with zero attached hydrogens (tertiary/aromatic N) is 1. The number of hydrogen-bond donors (Lipinski definition) is 1. The summed E-state index contributed by atoms with van der Waals surface area (Å²) in [6.45, 7) is 13.2. The second-order valence-electron chi connectivity index (χ2n) is 14.4. The van der Waals surface area contributed by atoms with Crippen LogP contribution in [-0.4, -0.2) is 10.7 Å². The Hall–Kier alpha value is -5.80. The van der Waals surface area contributed by atoms with E-state index in [2.05, 4.69) is 161 Å².